The summed E-state index contributed by atoms with van der Waals surface area (Å²) in [5.41, 5.74) is 0.494. The molecule has 2 aliphatic carbocycles. The number of hydrogen-bond donors (Lipinski definition) is 0. The van der Waals surface area contributed by atoms with Crippen LogP contribution in [-0.2, 0) is 0 Å². The van der Waals surface area contributed by atoms with Crippen LogP contribution in [0.1, 0.15) is 26.2 Å². The molecule has 0 spiro atoms. The zero-order valence-electron chi connectivity index (χ0n) is 6.91. The first-order valence-electron chi connectivity index (χ1n) is 4.33. The van der Waals surface area contributed by atoms with Crippen molar-refractivity contribution in [2.24, 2.45) is 11.8 Å². The SMILES string of the molecule is CCC1CC(C(F)(F)F)=C2CC21. The van der Waals surface area contributed by atoms with E-state index in [1.165, 1.54) is 0 Å². The van der Waals surface area contributed by atoms with E-state index in [0.717, 1.165) is 6.42 Å². The normalized spacial score (nSPS) is 34.0. The van der Waals surface area contributed by atoms with Gasteiger partial charge in [-0.2, -0.15) is 13.2 Å². The fourth-order valence-electron chi connectivity index (χ4n) is 2.24. The lowest BCUT2D eigenvalue weighted by Gasteiger charge is -2.12. The molecule has 1 saturated carbocycles. The van der Waals surface area contributed by atoms with Crippen LogP contribution in [-0.4, -0.2) is 6.18 Å². The third-order valence-electron chi connectivity index (χ3n) is 3.02. The van der Waals surface area contributed by atoms with E-state index < -0.39 is 6.18 Å². The van der Waals surface area contributed by atoms with Gasteiger partial charge in [-0.1, -0.05) is 18.9 Å². The summed E-state index contributed by atoms with van der Waals surface area (Å²) in [5, 5.41) is 0. The number of hydrogen-bond acceptors (Lipinski definition) is 0. The fourth-order valence-corrected chi connectivity index (χ4v) is 2.24. The lowest BCUT2D eigenvalue weighted by molar-refractivity contribution is -0.0945. The largest absolute Gasteiger partial charge is 0.412 e. The van der Waals surface area contributed by atoms with Gasteiger partial charge in [0.1, 0.15) is 0 Å². The average Bonchev–Trinajstić information content (AvgIpc) is 2.63. The Balaban J connectivity index is 2.17. The van der Waals surface area contributed by atoms with Gasteiger partial charge < -0.3 is 0 Å². The second-order valence-corrected chi connectivity index (χ2v) is 3.68. The van der Waals surface area contributed by atoms with E-state index in [2.05, 4.69) is 0 Å². The van der Waals surface area contributed by atoms with E-state index in [0.29, 0.717) is 17.9 Å². The highest BCUT2D eigenvalue weighted by Crippen LogP contribution is 2.58. The molecule has 0 bridgehead atoms. The summed E-state index contributed by atoms with van der Waals surface area (Å²) in [6.45, 7) is 1.97. The minimum absolute atomic E-state index is 0.209. The molecule has 0 nitrogen and oxygen atoms in total. The molecular formula is C9H11F3. The monoisotopic (exact) mass is 176 g/mol. The van der Waals surface area contributed by atoms with Crippen molar-refractivity contribution in [1.29, 1.82) is 0 Å². The van der Waals surface area contributed by atoms with Crippen molar-refractivity contribution in [2.45, 2.75) is 32.4 Å². The molecule has 2 unspecified atom stereocenters. The number of rotatable bonds is 1. The molecule has 0 aromatic rings. The Bertz CT molecular complexity index is 237. The second kappa shape index (κ2) is 2.27. The molecule has 68 valence electrons. The summed E-state index contributed by atoms with van der Waals surface area (Å²) in [6, 6.07) is 0. The molecule has 0 heterocycles. The third-order valence-corrected chi connectivity index (χ3v) is 3.02. The highest BCUT2D eigenvalue weighted by Gasteiger charge is 2.52. The zero-order valence-corrected chi connectivity index (χ0v) is 6.91. The lowest BCUT2D eigenvalue weighted by atomic mass is 9.98. The molecule has 0 aromatic heterocycles. The molecule has 0 amide bonds. The van der Waals surface area contributed by atoms with Gasteiger partial charge in [0.2, 0.25) is 0 Å². The summed E-state index contributed by atoms with van der Waals surface area (Å²) in [4.78, 5) is 0. The van der Waals surface area contributed by atoms with Gasteiger partial charge in [-0.3, -0.25) is 0 Å². The quantitative estimate of drug-likeness (QED) is 0.538. The summed E-state index contributed by atoms with van der Waals surface area (Å²) < 4.78 is 36.9. The summed E-state index contributed by atoms with van der Waals surface area (Å²) in [6.07, 6.45) is -2.17. The van der Waals surface area contributed by atoms with E-state index in [9.17, 15) is 13.2 Å². The van der Waals surface area contributed by atoms with Crippen molar-refractivity contribution in [3.8, 4) is 0 Å². The van der Waals surface area contributed by atoms with Crippen LogP contribution in [0.2, 0.25) is 0 Å². The molecule has 3 heteroatoms. The van der Waals surface area contributed by atoms with E-state index in [-0.39, 0.29) is 17.9 Å². The van der Waals surface area contributed by atoms with Crippen molar-refractivity contribution in [3.63, 3.8) is 0 Å². The highest BCUT2D eigenvalue weighted by molar-refractivity contribution is 5.39. The summed E-state index contributed by atoms with van der Waals surface area (Å²) in [5.74, 6) is 0.586. The van der Waals surface area contributed by atoms with Gasteiger partial charge in [0.05, 0.1) is 0 Å². The predicted molar refractivity (Wildman–Crippen MR) is 39.6 cm³/mol. The lowest BCUT2D eigenvalue weighted by Crippen LogP contribution is -2.12. The Hall–Kier alpha value is -0.470. The van der Waals surface area contributed by atoms with E-state index >= 15 is 0 Å². The van der Waals surface area contributed by atoms with Gasteiger partial charge in [0, 0.05) is 5.57 Å². The number of halogens is 3. The van der Waals surface area contributed by atoms with Crippen LogP contribution in [0.3, 0.4) is 0 Å². The van der Waals surface area contributed by atoms with Crippen molar-refractivity contribution in [3.05, 3.63) is 11.1 Å². The Labute approximate surface area is 69.5 Å². The molecule has 2 atom stereocenters. The fraction of sp³-hybridized carbons (Fsp3) is 0.778. The molecule has 0 radical (unpaired) electrons. The minimum atomic E-state index is -4.05. The molecule has 0 aromatic carbocycles. The maximum absolute atomic E-state index is 12.3. The second-order valence-electron chi connectivity index (χ2n) is 3.68. The third kappa shape index (κ3) is 1.06. The number of alkyl halides is 3. The van der Waals surface area contributed by atoms with Crippen LogP contribution in [0.5, 0.6) is 0 Å². The minimum Gasteiger partial charge on any atom is -0.166 e. The van der Waals surface area contributed by atoms with Crippen LogP contribution in [0.4, 0.5) is 13.2 Å². The van der Waals surface area contributed by atoms with Crippen molar-refractivity contribution < 1.29 is 13.2 Å². The molecule has 2 rings (SSSR count). The predicted octanol–water partition coefficient (Wildman–Crippen LogP) is 3.30. The van der Waals surface area contributed by atoms with Crippen LogP contribution in [0.15, 0.2) is 11.1 Å². The Morgan fingerprint density at radius 2 is 2.00 bits per heavy atom. The molecule has 12 heavy (non-hydrogen) atoms. The van der Waals surface area contributed by atoms with Crippen LogP contribution in [0.25, 0.3) is 0 Å². The molecule has 2 aliphatic rings. The summed E-state index contributed by atoms with van der Waals surface area (Å²) >= 11 is 0. The Morgan fingerprint density at radius 1 is 1.33 bits per heavy atom. The average molecular weight is 176 g/mol. The maximum Gasteiger partial charge on any atom is 0.412 e. The molecule has 1 fully saturated rings. The summed E-state index contributed by atoms with van der Waals surface area (Å²) in [7, 11) is 0. The smallest absolute Gasteiger partial charge is 0.166 e. The standard InChI is InChI=1S/C9H11F3/c1-2-5-3-8(9(10,11)12)7-4-6(5)7/h5-6H,2-4H2,1H3. The van der Waals surface area contributed by atoms with E-state index in [4.69, 9.17) is 0 Å². The van der Waals surface area contributed by atoms with Gasteiger partial charge >= 0.3 is 6.18 Å². The topological polar surface area (TPSA) is 0 Å². The van der Waals surface area contributed by atoms with E-state index in [1.54, 1.807) is 0 Å². The van der Waals surface area contributed by atoms with Crippen molar-refractivity contribution in [2.75, 3.05) is 0 Å². The van der Waals surface area contributed by atoms with Gasteiger partial charge in [0.25, 0.3) is 0 Å². The highest BCUT2D eigenvalue weighted by atomic mass is 19.4. The maximum atomic E-state index is 12.3. The van der Waals surface area contributed by atoms with Gasteiger partial charge in [-0.05, 0) is 24.7 Å². The number of fused-ring (bicyclic) bond motifs is 1. The number of allylic oxidation sites excluding steroid dienone is 2. The van der Waals surface area contributed by atoms with Crippen LogP contribution in [0, 0.1) is 11.8 Å². The molecule has 0 aliphatic heterocycles. The van der Waals surface area contributed by atoms with E-state index in [1.807, 2.05) is 6.92 Å². The van der Waals surface area contributed by atoms with Gasteiger partial charge in [0.15, 0.2) is 0 Å². The first-order valence-corrected chi connectivity index (χ1v) is 4.33. The van der Waals surface area contributed by atoms with Crippen LogP contribution >= 0.6 is 0 Å². The van der Waals surface area contributed by atoms with Crippen molar-refractivity contribution in [1.82, 2.24) is 0 Å². The Kier molecular flexibility index (Phi) is 1.54. The molecule has 0 saturated heterocycles. The molecular weight excluding hydrogens is 165 g/mol. The van der Waals surface area contributed by atoms with Crippen molar-refractivity contribution >= 4 is 0 Å². The van der Waals surface area contributed by atoms with Gasteiger partial charge in [-0.25, -0.2) is 0 Å². The zero-order chi connectivity index (χ0) is 8.93. The Morgan fingerprint density at radius 3 is 2.33 bits per heavy atom. The first kappa shape index (κ1) is 8.14. The van der Waals surface area contributed by atoms with Gasteiger partial charge in [-0.15, -0.1) is 0 Å². The molecule has 0 N–H and O–H groups in total. The van der Waals surface area contributed by atoms with Crippen LogP contribution < -0.4 is 0 Å². The first-order chi connectivity index (χ1) is 5.54.